The van der Waals surface area contributed by atoms with E-state index in [9.17, 15) is 14.0 Å². The Bertz CT molecular complexity index is 809. The predicted molar refractivity (Wildman–Crippen MR) is 98.1 cm³/mol. The van der Waals surface area contributed by atoms with E-state index in [4.69, 9.17) is 0 Å². The van der Waals surface area contributed by atoms with Crippen LogP contribution in [-0.4, -0.2) is 24.4 Å². The van der Waals surface area contributed by atoms with Gasteiger partial charge >= 0.3 is 0 Å². The molecule has 7 heteroatoms. The molecule has 25 heavy (non-hydrogen) atoms. The number of hydrogen-bond acceptors (Lipinski definition) is 3. The Morgan fingerprint density at radius 3 is 2.60 bits per heavy atom. The lowest BCUT2D eigenvalue weighted by molar-refractivity contribution is -0.114. The van der Waals surface area contributed by atoms with Crippen LogP contribution >= 0.6 is 15.9 Å². The molecule has 0 atom stereocenters. The highest BCUT2D eigenvalue weighted by Gasteiger charge is 2.25. The van der Waals surface area contributed by atoms with E-state index in [1.54, 1.807) is 36.4 Å². The average Bonchev–Trinajstić information content (AvgIpc) is 3.38. The normalized spacial score (nSPS) is 13.2. The van der Waals surface area contributed by atoms with Crippen molar-refractivity contribution in [1.29, 1.82) is 0 Å². The Morgan fingerprint density at radius 2 is 1.88 bits per heavy atom. The molecule has 1 aliphatic carbocycles. The van der Waals surface area contributed by atoms with Crippen LogP contribution in [0, 0.1) is 5.82 Å². The summed E-state index contributed by atoms with van der Waals surface area (Å²) in [5.41, 5.74) is 1.08. The maximum Gasteiger partial charge on any atom is 0.253 e. The second kappa shape index (κ2) is 7.65. The molecule has 0 aromatic heterocycles. The Morgan fingerprint density at radius 1 is 1.12 bits per heavy atom. The first-order chi connectivity index (χ1) is 12.0. The summed E-state index contributed by atoms with van der Waals surface area (Å²) in [6, 6.07) is 11.6. The summed E-state index contributed by atoms with van der Waals surface area (Å²) in [4.78, 5) is 24.4. The number of rotatable bonds is 6. The van der Waals surface area contributed by atoms with Crippen molar-refractivity contribution in [3.05, 3.63) is 58.3 Å². The quantitative estimate of drug-likeness (QED) is 0.688. The zero-order valence-electron chi connectivity index (χ0n) is 13.3. The molecule has 2 aromatic rings. The van der Waals surface area contributed by atoms with Crippen molar-refractivity contribution >= 4 is 39.1 Å². The van der Waals surface area contributed by atoms with Crippen LogP contribution < -0.4 is 16.0 Å². The molecule has 0 bridgehead atoms. The third-order valence-corrected chi connectivity index (χ3v) is 4.22. The standard InChI is InChI=1S/C18H17BrFN3O2/c19-11-5-8-16(14(20)9-11)21-10-17(24)23-15-4-2-1-3-13(15)18(25)22-12-6-7-12/h1-5,8-9,12,21H,6-7,10H2,(H,22,25)(H,23,24). The van der Waals surface area contributed by atoms with Gasteiger partial charge in [0.25, 0.3) is 5.91 Å². The van der Waals surface area contributed by atoms with Crippen LogP contribution in [0.4, 0.5) is 15.8 Å². The van der Waals surface area contributed by atoms with Crippen molar-refractivity contribution in [1.82, 2.24) is 5.32 Å². The van der Waals surface area contributed by atoms with Gasteiger partial charge in [0.1, 0.15) is 5.82 Å². The molecule has 0 saturated heterocycles. The molecule has 0 radical (unpaired) electrons. The van der Waals surface area contributed by atoms with Crippen molar-refractivity contribution in [3.63, 3.8) is 0 Å². The van der Waals surface area contributed by atoms with E-state index in [2.05, 4.69) is 31.9 Å². The molecule has 0 heterocycles. The molecule has 0 spiro atoms. The Balaban J connectivity index is 1.61. The van der Waals surface area contributed by atoms with Crippen molar-refractivity contribution in [3.8, 4) is 0 Å². The van der Waals surface area contributed by atoms with Crippen LogP contribution in [0.3, 0.4) is 0 Å². The van der Waals surface area contributed by atoms with Gasteiger partial charge in [-0.3, -0.25) is 9.59 Å². The Labute approximate surface area is 153 Å². The first-order valence-electron chi connectivity index (χ1n) is 7.91. The van der Waals surface area contributed by atoms with Crippen molar-refractivity contribution < 1.29 is 14.0 Å². The zero-order chi connectivity index (χ0) is 17.8. The highest BCUT2D eigenvalue weighted by atomic mass is 79.9. The minimum absolute atomic E-state index is 0.114. The van der Waals surface area contributed by atoms with Crippen molar-refractivity contribution in [2.24, 2.45) is 0 Å². The third kappa shape index (κ3) is 4.79. The number of carbonyl (C=O) groups is 2. The summed E-state index contributed by atoms with van der Waals surface area (Å²) in [6.45, 7) is -0.114. The van der Waals surface area contributed by atoms with Crippen LogP contribution in [0.15, 0.2) is 46.9 Å². The molecule has 130 valence electrons. The van der Waals surface area contributed by atoms with Gasteiger partial charge < -0.3 is 16.0 Å². The van der Waals surface area contributed by atoms with Gasteiger partial charge in [-0.25, -0.2) is 4.39 Å². The third-order valence-electron chi connectivity index (χ3n) is 3.73. The van der Waals surface area contributed by atoms with E-state index < -0.39 is 5.82 Å². The van der Waals surface area contributed by atoms with Gasteiger partial charge in [-0.2, -0.15) is 0 Å². The van der Waals surface area contributed by atoms with Gasteiger partial charge in [-0.15, -0.1) is 0 Å². The summed E-state index contributed by atoms with van der Waals surface area (Å²) in [7, 11) is 0. The maximum atomic E-state index is 13.7. The molecule has 3 N–H and O–H groups in total. The van der Waals surface area contributed by atoms with E-state index in [-0.39, 0.29) is 30.1 Å². The molecule has 1 aliphatic rings. The Kier molecular flexibility index (Phi) is 5.33. The fourth-order valence-corrected chi connectivity index (χ4v) is 2.62. The van der Waals surface area contributed by atoms with Crippen LogP contribution in [0.5, 0.6) is 0 Å². The van der Waals surface area contributed by atoms with E-state index in [0.29, 0.717) is 15.7 Å². The van der Waals surface area contributed by atoms with E-state index in [0.717, 1.165) is 12.8 Å². The Hall–Kier alpha value is -2.41. The first kappa shape index (κ1) is 17.4. The minimum Gasteiger partial charge on any atom is -0.374 e. The molecular formula is C18H17BrFN3O2. The molecule has 2 aromatic carbocycles. The van der Waals surface area contributed by atoms with Gasteiger partial charge in [0.15, 0.2) is 0 Å². The first-order valence-corrected chi connectivity index (χ1v) is 8.71. The van der Waals surface area contributed by atoms with E-state index in [1.807, 2.05) is 0 Å². The molecule has 1 fully saturated rings. The lowest BCUT2D eigenvalue weighted by atomic mass is 10.1. The molecule has 0 unspecified atom stereocenters. The highest BCUT2D eigenvalue weighted by molar-refractivity contribution is 9.10. The molecule has 2 amide bonds. The fraction of sp³-hybridized carbons (Fsp3) is 0.222. The number of benzene rings is 2. The van der Waals surface area contributed by atoms with Crippen LogP contribution in [-0.2, 0) is 4.79 Å². The lowest BCUT2D eigenvalue weighted by Crippen LogP contribution is -2.28. The predicted octanol–water partition coefficient (Wildman–Crippen LogP) is 3.53. The van der Waals surface area contributed by atoms with Crippen molar-refractivity contribution in [2.45, 2.75) is 18.9 Å². The van der Waals surface area contributed by atoms with Gasteiger partial charge in [-0.1, -0.05) is 28.1 Å². The summed E-state index contributed by atoms with van der Waals surface area (Å²) in [5.74, 6) is -1.02. The van der Waals surface area contributed by atoms with Crippen molar-refractivity contribution in [2.75, 3.05) is 17.2 Å². The average molecular weight is 406 g/mol. The SMILES string of the molecule is O=C(CNc1ccc(Br)cc1F)Nc1ccccc1C(=O)NC1CC1. The topological polar surface area (TPSA) is 70.2 Å². The van der Waals surface area contributed by atoms with Crippen LogP contribution in [0.1, 0.15) is 23.2 Å². The summed E-state index contributed by atoms with van der Waals surface area (Å²) in [6.07, 6.45) is 1.98. The number of amides is 2. The monoisotopic (exact) mass is 405 g/mol. The lowest BCUT2D eigenvalue weighted by Gasteiger charge is -2.12. The second-order valence-corrected chi connectivity index (χ2v) is 6.73. The molecule has 0 aliphatic heterocycles. The molecule has 5 nitrogen and oxygen atoms in total. The summed E-state index contributed by atoms with van der Waals surface area (Å²) < 4.78 is 14.4. The second-order valence-electron chi connectivity index (χ2n) is 5.82. The maximum absolute atomic E-state index is 13.7. The smallest absolute Gasteiger partial charge is 0.253 e. The number of hydrogen-bond donors (Lipinski definition) is 3. The molecule has 1 saturated carbocycles. The fourth-order valence-electron chi connectivity index (χ4n) is 2.28. The van der Waals surface area contributed by atoms with Gasteiger partial charge in [-0.05, 0) is 43.2 Å². The van der Waals surface area contributed by atoms with E-state index in [1.165, 1.54) is 6.07 Å². The largest absolute Gasteiger partial charge is 0.374 e. The number of anilines is 2. The number of halogens is 2. The number of nitrogens with one attached hydrogen (secondary N) is 3. The van der Waals surface area contributed by atoms with Crippen LogP contribution in [0.2, 0.25) is 0 Å². The van der Waals surface area contributed by atoms with Gasteiger partial charge in [0, 0.05) is 10.5 Å². The summed E-state index contributed by atoms with van der Waals surface area (Å²) in [5, 5.41) is 8.33. The molecule has 3 rings (SSSR count). The van der Waals surface area contributed by atoms with Gasteiger partial charge in [0.2, 0.25) is 5.91 Å². The molecular weight excluding hydrogens is 389 g/mol. The summed E-state index contributed by atoms with van der Waals surface area (Å²) >= 11 is 3.18. The highest BCUT2D eigenvalue weighted by Crippen LogP contribution is 2.22. The van der Waals surface area contributed by atoms with E-state index >= 15 is 0 Å². The van der Waals surface area contributed by atoms with Gasteiger partial charge in [0.05, 0.1) is 23.5 Å². The van der Waals surface area contributed by atoms with Crippen LogP contribution in [0.25, 0.3) is 0 Å². The number of carbonyl (C=O) groups excluding carboxylic acids is 2. The zero-order valence-corrected chi connectivity index (χ0v) is 14.9. The minimum atomic E-state index is -0.452. The number of para-hydroxylation sites is 1.